The summed E-state index contributed by atoms with van der Waals surface area (Å²) in [7, 11) is 0. The first kappa shape index (κ1) is 17.6. The van der Waals surface area contributed by atoms with Crippen molar-refractivity contribution in [3.63, 3.8) is 0 Å². The molecule has 1 aliphatic heterocycles. The van der Waals surface area contributed by atoms with Gasteiger partial charge in [0.05, 0.1) is 5.69 Å². The van der Waals surface area contributed by atoms with Crippen LogP contribution in [-0.4, -0.2) is 71.3 Å². The molecular formula is C18H24FN5O. The van der Waals surface area contributed by atoms with Crippen molar-refractivity contribution in [2.24, 2.45) is 0 Å². The molecule has 1 aromatic heterocycles. The van der Waals surface area contributed by atoms with Crippen molar-refractivity contribution in [3.8, 4) is 5.69 Å². The minimum Gasteiger partial charge on any atom is -0.351 e. The minimum atomic E-state index is -0.540. The normalized spacial score (nSPS) is 16.1. The number of nitrogens with one attached hydrogen (secondary N) is 1. The number of carbonyl (C=O) groups excluding carboxylic acids is 1. The molecule has 0 unspecified atom stereocenters. The number of aromatic nitrogens is 2. The molecule has 1 N–H and O–H groups in total. The van der Waals surface area contributed by atoms with E-state index in [0.717, 1.165) is 39.3 Å². The molecule has 1 saturated heterocycles. The zero-order chi connectivity index (χ0) is 17.6. The summed E-state index contributed by atoms with van der Waals surface area (Å²) in [5.74, 6) is -0.946. The first-order chi connectivity index (χ1) is 12.2. The predicted octanol–water partition coefficient (Wildman–Crippen LogP) is 1.38. The molecule has 0 spiro atoms. The third-order valence-electron chi connectivity index (χ3n) is 4.60. The number of hydrogen-bond donors (Lipinski definition) is 1. The Morgan fingerprint density at radius 2 is 1.96 bits per heavy atom. The average Bonchev–Trinajstić information content (AvgIpc) is 3.16. The van der Waals surface area contributed by atoms with Gasteiger partial charge in [-0.1, -0.05) is 13.0 Å². The summed E-state index contributed by atoms with van der Waals surface area (Å²) in [4.78, 5) is 17.2. The SMILES string of the molecule is CCN1CCN(CCNC(=O)c2c(F)cccc2-n2cccn2)CC1. The summed E-state index contributed by atoms with van der Waals surface area (Å²) in [5, 5.41) is 6.94. The molecule has 25 heavy (non-hydrogen) atoms. The van der Waals surface area contributed by atoms with Crippen LogP contribution in [0.15, 0.2) is 36.7 Å². The van der Waals surface area contributed by atoms with Crippen molar-refractivity contribution in [1.29, 1.82) is 0 Å². The highest BCUT2D eigenvalue weighted by Crippen LogP contribution is 2.17. The van der Waals surface area contributed by atoms with Crippen LogP contribution in [0.1, 0.15) is 17.3 Å². The van der Waals surface area contributed by atoms with Crippen molar-refractivity contribution >= 4 is 5.91 Å². The van der Waals surface area contributed by atoms with Gasteiger partial charge in [-0.15, -0.1) is 0 Å². The van der Waals surface area contributed by atoms with Crippen molar-refractivity contribution in [3.05, 3.63) is 48.0 Å². The van der Waals surface area contributed by atoms with Gasteiger partial charge in [0, 0.05) is 51.7 Å². The quantitative estimate of drug-likeness (QED) is 0.859. The molecule has 2 aromatic rings. The summed E-state index contributed by atoms with van der Waals surface area (Å²) in [6, 6.07) is 6.31. The Bertz CT molecular complexity index is 695. The Balaban J connectivity index is 1.59. The van der Waals surface area contributed by atoms with Crippen molar-refractivity contribution in [2.45, 2.75) is 6.92 Å². The van der Waals surface area contributed by atoms with Crippen molar-refractivity contribution in [1.82, 2.24) is 24.9 Å². The van der Waals surface area contributed by atoms with Gasteiger partial charge in [-0.2, -0.15) is 5.10 Å². The highest BCUT2D eigenvalue weighted by molar-refractivity contribution is 5.98. The third-order valence-corrected chi connectivity index (χ3v) is 4.60. The number of amides is 1. The molecule has 1 aromatic carbocycles. The molecule has 7 heteroatoms. The van der Waals surface area contributed by atoms with E-state index in [1.54, 1.807) is 30.6 Å². The van der Waals surface area contributed by atoms with E-state index in [1.165, 1.54) is 10.7 Å². The molecule has 2 heterocycles. The van der Waals surface area contributed by atoms with Crippen molar-refractivity contribution < 1.29 is 9.18 Å². The second kappa shape index (κ2) is 8.22. The fourth-order valence-electron chi connectivity index (χ4n) is 3.08. The molecule has 0 bridgehead atoms. The smallest absolute Gasteiger partial charge is 0.256 e. The van der Waals surface area contributed by atoms with Gasteiger partial charge < -0.3 is 10.2 Å². The van der Waals surface area contributed by atoms with Crippen LogP contribution >= 0.6 is 0 Å². The third kappa shape index (κ3) is 4.24. The Morgan fingerprint density at radius 1 is 1.20 bits per heavy atom. The van der Waals surface area contributed by atoms with E-state index in [9.17, 15) is 9.18 Å². The lowest BCUT2D eigenvalue weighted by Crippen LogP contribution is -2.48. The summed E-state index contributed by atoms with van der Waals surface area (Å²) in [6.45, 7) is 8.63. The topological polar surface area (TPSA) is 53.4 Å². The van der Waals surface area contributed by atoms with E-state index < -0.39 is 11.7 Å². The Kier molecular flexibility index (Phi) is 5.78. The summed E-state index contributed by atoms with van der Waals surface area (Å²) in [6.07, 6.45) is 3.29. The largest absolute Gasteiger partial charge is 0.351 e. The summed E-state index contributed by atoms with van der Waals surface area (Å²) >= 11 is 0. The lowest BCUT2D eigenvalue weighted by molar-refractivity contribution is 0.0933. The van der Waals surface area contributed by atoms with E-state index in [1.807, 2.05) is 0 Å². The zero-order valence-corrected chi connectivity index (χ0v) is 14.5. The van der Waals surface area contributed by atoms with E-state index in [0.29, 0.717) is 12.2 Å². The van der Waals surface area contributed by atoms with Crippen LogP contribution in [0, 0.1) is 5.82 Å². The molecule has 0 radical (unpaired) electrons. The second-order valence-electron chi connectivity index (χ2n) is 6.12. The maximum Gasteiger partial charge on any atom is 0.256 e. The predicted molar refractivity (Wildman–Crippen MR) is 94.4 cm³/mol. The average molecular weight is 345 g/mol. The van der Waals surface area contributed by atoms with Gasteiger partial charge in [0.15, 0.2) is 0 Å². The van der Waals surface area contributed by atoms with Crippen LogP contribution in [0.25, 0.3) is 5.69 Å². The molecule has 3 rings (SSSR count). The number of likely N-dealkylation sites (N-methyl/N-ethyl adjacent to an activating group) is 1. The van der Waals surface area contributed by atoms with Gasteiger partial charge >= 0.3 is 0 Å². The van der Waals surface area contributed by atoms with Crippen molar-refractivity contribution in [2.75, 3.05) is 45.8 Å². The Hall–Kier alpha value is -2.25. The fourth-order valence-corrected chi connectivity index (χ4v) is 3.08. The van der Waals surface area contributed by atoms with Crippen LogP contribution in [0.3, 0.4) is 0 Å². The number of piperazine rings is 1. The number of hydrogen-bond acceptors (Lipinski definition) is 4. The molecule has 0 aliphatic carbocycles. The van der Waals surface area contributed by atoms with Crippen LogP contribution in [0.2, 0.25) is 0 Å². The van der Waals surface area contributed by atoms with Crippen LogP contribution in [0.4, 0.5) is 4.39 Å². The molecule has 1 aliphatic rings. The van der Waals surface area contributed by atoms with E-state index in [4.69, 9.17) is 0 Å². The maximum atomic E-state index is 14.2. The molecule has 134 valence electrons. The molecule has 0 atom stereocenters. The van der Waals surface area contributed by atoms with Gasteiger partial charge in [-0.3, -0.25) is 9.69 Å². The molecule has 1 fully saturated rings. The van der Waals surface area contributed by atoms with E-state index >= 15 is 0 Å². The fraction of sp³-hybridized carbons (Fsp3) is 0.444. The van der Waals surface area contributed by atoms with Gasteiger partial charge in [-0.05, 0) is 24.7 Å². The molecule has 6 nitrogen and oxygen atoms in total. The number of carbonyl (C=O) groups is 1. The van der Waals surface area contributed by atoms with Gasteiger partial charge in [0.25, 0.3) is 5.91 Å². The standard InChI is InChI=1S/C18H24FN5O/c1-2-22-11-13-23(14-12-22)10-8-20-18(25)17-15(19)5-3-6-16(17)24-9-4-7-21-24/h3-7,9H,2,8,10-14H2,1H3,(H,20,25). The Labute approximate surface area is 147 Å². The van der Waals surface area contributed by atoms with Gasteiger partial charge in [-0.25, -0.2) is 9.07 Å². The second-order valence-corrected chi connectivity index (χ2v) is 6.12. The lowest BCUT2D eigenvalue weighted by Gasteiger charge is -2.33. The number of nitrogens with zero attached hydrogens (tertiary/aromatic N) is 4. The number of rotatable bonds is 6. The number of halogens is 1. The molecule has 0 saturated carbocycles. The van der Waals surface area contributed by atoms with Gasteiger partial charge in [0.1, 0.15) is 11.4 Å². The summed E-state index contributed by atoms with van der Waals surface area (Å²) in [5.41, 5.74) is 0.473. The van der Waals surface area contributed by atoms with Crippen LogP contribution in [0.5, 0.6) is 0 Å². The van der Waals surface area contributed by atoms with Crippen LogP contribution in [-0.2, 0) is 0 Å². The summed E-state index contributed by atoms with van der Waals surface area (Å²) < 4.78 is 15.7. The highest BCUT2D eigenvalue weighted by Gasteiger charge is 2.19. The van der Waals surface area contributed by atoms with Crippen LogP contribution < -0.4 is 5.32 Å². The molecule has 1 amide bonds. The first-order valence-electron chi connectivity index (χ1n) is 8.70. The lowest BCUT2D eigenvalue weighted by atomic mass is 10.1. The number of benzene rings is 1. The maximum absolute atomic E-state index is 14.2. The Morgan fingerprint density at radius 3 is 2.64 bits per heavy atom. The van der Waals surface area contributed by atoms with E-state index in [-0.39, 0.29) is 5.56 Å². The van der Waals surface area contributed by atoms with Gasteiger partial charge in [0.2, 0.25) is 0 Å². The molecular weight excluding hydrogens is 321 g/mol. The zero-order valence-electron chi connectivity index (χ0n) is 14.5. The minimum absolute atomic E-state index is 0.0296. The first-order valence-corrected chi connectivity index (χ1v) is 8.70. The highest BCUT2D eigenvalue weighted by atomic mass is 19.1. The monoisotopic (exact) mass is 345 g/mol. The van der Waals surface area contributed by atoms with E-state index in [2.05, 4.69) is 27.1 Å².